The number of fused-ring (bicyclic) bond motifs is 1. The molecular weight excluding hydrogens is 278 g/mol. The average molecular weight is 297 g/mol. The molecule has 1 aromatic heterocycles. The summed E-state index contributed by atoms with van der Waals surface area (Å²) >= 11 is 0. The van der Waals surface area contributed by atoms with Gasteiger partial charge in [0.2, 0.25) is 0 Å². The highest BCUT2D eigenvalue weighted by Crippen LogP contribution is 2.28. The third-order valence-corrected chi connectivity index (χ3v) is 3.86. The lowest BCUT2D eigenvalue weighted by Crippen LogP contribution is -2.30. The normalized spacial score (nSPS) is 16.7. The van der Waals surface area contributed by atoms with Gasteiger partial charge >= 0.3 is 6.03 Å². The summed E-state index contributed by atoms with van der Waals surface area (Å²) in [6, 6.07) is 11.2. The van der Waals surface area contributed by atoms with E-state index in [9.17, 15) is 9.90 Å². The van der Waals surface area contributed by atoms with Gasteiger partial charge in [-0.15, -0.1) is 0 Å². The number of amides is 2. The fraction of sp³-hybridized carbons (Fsp3) is 0.294. The maximum absolute atomic E-state index is 12.0. The number of urea groups is 1. The van der Waals surface area contributed by atoms with Crippen LogP contribution in [0.25, 0.3) is 0 Å². The number of nitrogens with zero attached hydrogens (tertiary/aromatic N) is 1. The fourth-order valence-corrected chi connectivity index (χ4v) is 2.73. The zero-order valence-electron chi connectivity index (χ0n) is 12.2. The highest BCUT2D eigenvalue weighted by Gasteiger charge is 2.19. The Labute approximate surface area is 129 Å². The third-order valence-electron chi connectivity index (χ3n) is 3.86. The van der Waals surface area contributed by atoms with Gasteiger partial charge in [-0.1, -0.05) is 18.2 Å². The molecule has 2 aromatic rings. The quantitative estimate of drug-likeness (QED) is 0.813. The molecule has 0 radical (unpaired) electrons. The molecular formula is C17H19N3O2. The Kier molecular flexibility index (Phi) is 4.34. The lowest BCUT2D eigenvalue weighted by Gasteiger charge is -2.23. The van der Waals surface area contributed by atoms with E-state index in [2.05, 4.69) is 21.7 Å². The summed E-state index contributed by atoms with van der Waals surface area (Å²) in [5.74, 6) is 0. The minimum atomic E-state index is -0.327. The van der Waals surface area contributed by atoms with Crippen LogP contribution in [0.1, 0.15) is 23.2 Å². The highest BCUT2D eigenvalue weighted by molar-refractivity contribution is 5.90. The van der Waals surface area contributed by atoms with E-state index in [4.69, 9.17) is 0 Å². The topological polar surface area (TPSA) is 74.2 Å². The van der Waals surface area contributed by atoms with Gasteiger partial charge in [0.15, 0.2) is 0 Å². The minimum absolute atomic E-state index is 0.265. The monoisotopic (exact) mass is 297 g/mol. The van der Waals surface area contributed by atoms with Crippen molar-refractivity contribution in [3.8, 4) is 0 Å². The molecule has 0 bridgehead atoms. The Morgan fingerprint density at radius 2 is 2.18 bits per heavy atom. The van der Waals surface area contributed by atoms with Crippen LogP contribution in [0.2, 0.25) is 0 Å². The maximum atomic E-state index is 12.0. The number of nitrogens with one attached hydrogen (secondary N) is 2. The maximum Gasteiger partial charge on any atom is 0.319 e. The van der Waals surface area contributed by atoms with Gasteiger partial charge in [0.25, 0.3) is 0 Å². The molecule has 22 heavy (non-hydrogen) atoms. The van der Waals surface area contributed by atoms with Gasteiger partial charge < -0.3 is 15.7 Å². The van der Waals surface area contributed by atoms with Crippen LogP contribution in [0, 0.1) is 0 Å². The molecule has 3 N–H and O–H groups in total. The summed E-state index contributed by atoms with van der Waals surface area (Å²) in [5.41, 5.74) is 3.82. The molecule has 1 heterocycles. The van der Waals surface area contributed by atoms with Crippen LogP contribution in [0.5, 0.6) is 0 Å². The molecule has 1 aliphatic carbocycles. The molecule has 0 spiro atoms. The van der Waals surface area contributed by atoms with E-state index < -0.39 is 0 Å². The molecule has 1 aromatic carbocycles. The number of rotatable bonds is 3. The largest absolute Gasteiger partial charge is 0.393 e. The Hall–Kier alpha value is -2.40. The van der Waals surface area contributed by atoms with E-state index >= 15 is 0 Å². The predicted molar refractivity (Wildman–Crippen MR) is 84.6 cm³/mol. The second kappa shape index (κ2) is 6.58. The van der Waals surface area contributed by atoms with Crippen molar-refractivity contribution in [1.82, 2.24) is 10.3 Å². The van der Waals surface area contributed by atoms with Crippen molar-refractivity contribution in [2.24, 2.45) is 0 Å². The fourth-order valence-electron chi connectivity index (χ4n) is 2.73. The number of pyridine rings is 1. The van der Waals surface area contributed by atoms with Crippen LogP contribution in [0.3, 0.4) is 0 Å². The van der Waals surface area contributed by atoms with Crippen LogP contribution in [0.15, 0.2) is 42.6 Å². The van der Waals surface area contributed by atoms with Crippen molar-refractivity contribution in [2.45, 2.75) is 31.9 Å². The molecule has 0 fully saturated rings. The second-order valence-corrected chi connectivity index (χ2v) is 5.47. The number of carbonyl (C=O) groups excluding carboxylic acids is 1. The summed E-state index contributed by atoms with van der Waals surface area (Å²) in [6.07, 6.45) is 3.59. The van der Waals surface area contributed by atoms with E-state index in [0.29, 0.717) is 13.0 Å². The van der Waals surface area contributed by atoms with Gasteiger partial charge in [-0.05, 0) is 42.2 Å². The molecule has 1 atom stereocenters. The number of aliphatic hydroxyl groups is 1. The predicted octanol–water partition coefficient (Wildman–Crippen LogP) is 2.25. The van der Waals surface area contributed by atoms with Crippen LogP contribution in [-0.4, -0.2) is 22.2 Å². The summed E-state index contributed by atoms with van der Waals surface area (Å²) in [7, 11) is 0. The van der Waals surface area contributed by atoms with Gasteiger partial charge in [-0.2, -0.15) is 0 Å². The van der Waals surface area contributed by atoms with Crippen molar-refractivity contribution < 1.29 is 9.90 Å². The first kappa shape index (κ1) is 14.5. The van der Waals surface area contributed by atoms with Crippen molar-refractivity contribution in [2.75, 3.05) is 5.32 Å². The molecule has 0 saturated carbocycles. The van der Waals surface area contributed by atoms with Crippen LogP contribution in [-0.2, 0) is 19.4 Å². The minimum Gasteiger partial charge on any atom is -0.393 e. The van der Waals surface area contributed by atoms with Crippen molar-refractivity contribution >= 4 is 11.7 Å². The molecule has 5 nitrogen and oxygen atoms in total. The SMILES string of the molecule is O=C(NCc1ccccn1)Nc1cccc2c1CC(O)CC2. The molecule has 114 valence electrons. The number of aryl methyl sites for hydroxylation is 1. The van der Waals surface area contributed by atoms with E-state index in [0.717, 1.165) is 29.8 Å². The van der Waals surface area contributed by atoms with Crippen molar-refractivity contribution in [3.05, 3.63) is 59.4 Å². The lowest BCUT2D eigenvalue weighted by molar-refractivity contribution is 0.159. The lowest BCUT2D eigenvalue weighted by atomic mass is 9.88. The number of aliphatic hydroxyl groups excluding tert-OH is 1. The number of carbonyl (C=O) groups is 1. The first-order chi connectivity index (χ1) is 10.7. The number of hydrogen-bond donors (Lipinski definition) is 3. The highest BCUT2D eigenvalue weighted by atomic mass is 16.3. The van der Waals surface area contributed by atoms with E-state index in [-0.39, 0.29) is 12.1 Å². The van der Waals surface area contributed by atoms with E-state index in [1.807, 2.05) is 30.3 Å². The summed E-state index contributed by atoms with van der Waals surface area (Å²) in [5, 5.41) is 15.5. The summed E-state index contributed by atoms with van der Waals surface area (Å²) < 4.78 is 0. The molecule has 5 heteroatoms. The smallest absolute Gasteiger partial charge is 0.319 e. The first-order valence-corrected chi connectivity index (χ1v) is 7.46. The molecule has 1 unspecified atom stereocenters. The number of benzene rings is 1. The second-order valence-electron chi connectivity index (χ2n) is 5.47. The number of hydrogen-bond acceptors (Lipinski definition) is 3. The van der Waals surface area contributed by atoms with Crippen molar-refractivity contribution in [3.63, 3.8) is 0 Å². The van der Waals surface area contributed by atoms with E-state index in [1.165, 1.54) is 5.56 Å². The first-order valence-electron chi connectivity index (χ1n) is 7.46. The zero-order chi connectivity index (χ0) is 15.4. The van der Waals surface area contributed by atoms with Crippen molar-refractivity contribution in [1.29, 1.82) is 0 Å². The van der Waals surface area contributed by atoms with E-state index in [1.54, 1.807) is 6.20 Å². The molecule has 1 aliphatic rings. The number of aromatic nitrogens is 1. The van der Waals surface area contributed by atoms with Gasteiger partial charge in [0.1, 0.15) is 0 Å². The van der Waals surface area contributed by atoms with Gasteiger partial charge in [0, 0.05) is 18.3 Å². The molecule has 0 aliphatic heterocycles. The zero-order valence-corrected chi connectivity index (χ0v) is 12.2. The van der Waals surface area contributed by atoms with Crippen LogP contribution >= 0.6 is 0 Å². The Bertz CT molecular complexity index is 658. The Morgan fingerprint density at radius 3 is 3.00 bits per heavy atom. The standard InChI is InChI=1S/C17H19N3O2/c21-14-8-7-12-4-3-6-16(15(12)10-14)20-17(22)19-11-13-5-1-2-9-18-13/h1-6,9,14,21H,7-8,10-11H2,(H2,19,20,22). The molecule has 0 saturated heterocycles. The Balaban J connectivity index is 1.64. The van der Waals surface area contributed by atoms with Crippen LogP contribution < -0.4 is 10.6 Å². The summed E-state index contributed by atoms with van der Waals surface area (Å²) in [6.45, 7) is 0.379. The summed E-state index contributed by atoms with van der Waals surface area (Å²) in [4.78, 5) is 16.2. The van der Waals surface area contributed by atoms with Gasteiger partial charge in [-0.25, -0.2) is 4.79 Å². The van der Waals surface area contributed by atoms with Gasteiger partial charge in [0.05, 0.1) is 18.3 Å². The molecule has 3 rings (SSSR count). The molecule has 2 amide bonds. The van der Waals surface area contributed by atoms with Crippen LogP contribution in [0.4, 0.5) is 10.5 Å². The van der Waals surface area contributed by atoms with Gasteiger partial charge in [-0.3, -0.25) is 4.98 Å². The number of anilines is 1. The Morgan fingerprint density at radius 1 is 1.27 bits per heavy atom. The average Bonchev–Trinajstić information content (AvgIpc) is 2.54. The third kappa shape index (κ3) is 3.43.